The third-order valence-corrected chi connectivity index (χ3v) is 9.41. The number of carboxylic acid groups (broad SMARTS) is 1. The molecule has 14 heteroatoms. The topological polar surface area (TPSA) is 150 Å². The molecule has 2 aromatic heterocycles. The van der Waals surface area contributed by atoms with Gasteiger partial charge in [-0.15, -0.1) is 0 Å². The maximum Gasteiger partial charge on any atom is 0.407 e. The van der Waals surface area contributed by atoms with Crippen LogP contribution in [0.4, 0.5) is 4.79 Å². The number of imidazole rings is 1. The minimum absolute atomic E-state index is 0.133. The Labute approximate surface area is 256 Å². The molecular weight excluding hydrogens is 626 g/mol. The number of carbonyl (C=O) groups excluding carboxylic acids is 1. The largest absolute Gasteiger partial charge is 0.465 e. The van der Waals surface area contributed by atoms with Gasteiger partial charge in [-0.1, -0.05) is 32.5 Å². The van der Waals surface area contributed by atoms with Gasteiger partial charge in [0.1, 0.15) is 11.6 Å². The van der Waals surface area contributed by atoms with Crippen LogP contribution in [0.1, 0.15) is 47.0 Å². The third kappa shape index (κ3) is 6.69. The zero-order valence-corrected chi connectivity index (χ0v) is 26.5. The van der Waals surface area contributed by atoms with Crippen LogP contribution in [0.15, 0.2) is 33.0 Å². The maximum absolute atomic E-state index is 13.2. The van der Waals surface area contributed by atoms with E-state index >= 15 is 0 Å². The number of aryl methyl sites for hydroxylation is 1. The quantitative estimate of drug-likeness (QED) is 0.308. The van der Waals surface area contributed by atoms with E-state index in [2.05, 4.69) is 25.9 Å². The smallest absolute Gasteiger partial charge is 0.407 e. The van der Waals surface area contributed by atoms with E-state index in [-0.39, 0.29) is 23.6 Å². The number of hydrogen-bond acceptors (Lipinski definition) is 8. The summed E-state index contributed by atoms with van der Waals surface area (Å²) in [4.78, 5) is 41.3. The maximum atomic E-state index is 13.2. The first-order valence-electron chi connectivity index (χ1n) is 13.9. The number of carbonyl (C=O) groups is 2. The van der Waals surface area contributed by atoms with Gasteiger partial charge >= 0.3 is 6.09 Å². The van der Waals surface area contributed by atoms with Gasteiger partial charge in [-0.2, -0.15) is 0 Å². The normalized spacial score (nSPS) is 16.2. The van der Waals surface area contributed by atoms with E-state index in [9.17, 15) is 14.7 Å². The number of halogens is 1. The highest BCUT2D eigenvalue weighted by atomic mass is 79.9. The molecule has 0 radical (unpaired) electrons. The van der Waals surface area contributed by atoms with E-state index in [1.807, 2.05) is 37.5 Å². The molecule has 2 aliphatic rings. The van der Waals surface area contributed by atoms with Crippen molar-refractivity contribution in [3.05, 3.63) is 28.4 Å². The minimum Gasteiger partial charge on any atom is -0.465 e. The monoisotopic (exact) mass is 661 g/mol. The summed E-state index contributed by atoms with van der Waals surface area (Å²) in [6.45, 7) is 9.96. The molecule has 1 saturated heterocycles. The fraction of sp³-hybridized carbons (Fsp3) is 0.536. The molecule has 226 valence electrons. The lowest BCUT2D eigenvalue weighted by molar-refractivity contribution is -0.137. The molecule has 1 fully saturated rings. The van der Waals surface area contributed by atoms with Crippen molar-refractivity contribution in [3.8, 4) is 11.5 Å². The molecule has 3 aromatic rings. The average molecular weight is 663 g/mol. The Balaban J connectivity index is 1.20. The number of rotatable bonds is 8. The number of fused-ring (bicyclic) bond motifs is 2. The number of nitrogens with zero attached hydrogens (tertiary/aromatic N) is 5. The van der Waals surface area contributed by atoms with Crippen molar-refractivity contribution in [2.45, 2.75) is 69.6 Å². The first-order valence-corrected chi connectivity index (χ1v) is 15.6. The molecule has 12 nitrogen and oxygen atoms in total. The summed E-state index contributed by atoms with van der Waals surface area (Å²) in [6, 6.07) is 3.06. The first-order chi connectivity index (χ1) is 19.9. The molecular formula is C28H36BrN7O5S. The molecule has 3 N–H and O–H groups in total. The highest BCUT2D eigenvalue weighted by Gasteiger charge is 2.33. The standard InChI is InChI=1S/C28H36BrN7O5S/c1-16(36(27(38)39)13-28(2,3)4)25(37)34-8-5-17(6-9-34)7-10-35-14-31-23(30)22-24(35)33-26(32-22)42-21-12-20-19(11-18(21)29)40-15-41-20/h11-12,14,16-17,30H,5-10,13,15H2,1-4H3,(H,32,33)(H,38,39)/t16-/m0/s1. The molecule has 0 aliphatic carbocycles. The van der Waals surface area contributed by atoms with Crippen LogP contribution in [-0.2, 0) is 11.3 Å². The highest BCUT2D eigenvalue weighted by Crippen LogP contribution is 2.42. The molecule has 1 atom stereocenters. The van der Waals surface area contributed by atoms with E-state index in [1.165, 1.54) is 16.7 Å². The summed E-state index contributed by atoms with van der Waals surface area (Å²) in [5.74, 6) is 1.65. The van der Waals surface area contributed by atoms with E-state index in [0.29, 0.717) is 59.9 Å². The van der Waals surface area contributed by atoms with Gasteiger partial charge in [0, 0.05) is 35.5 Å². The second-order valence-corrected chi connectivity index (χ2v) is 13.9. The lowest BCUT2D eigenvalue weighted by Gasteiger charge is -2.37. The number of hydrogen-bond donors (Lipinski definition) is 3. The van der Waals surface area contributed by atoms with Crippen molar-refractivity contribution in [2.24, 2.45) is 11.3 Å². The number of likely N-dealkylation sites (tertiary alicyclic amines) is 1. The summed E-state index contributed by atoms with van der Waals surface area (Å²) in [5, 5.41) is 18.6. The van der Waals surface area contributed by atoms with Crippen LogP contribution in [0.5, 0.6) is 11.5 Å². The van der Waals surface area contributed by atoms with Gasteiger partial charge in [-0.25, -0.2) is 14.8 Å². The Kier molecular flexibility index (Phi) is 8.74. The van der Waals surface area contributed by atoms with Crippen LogP contribution >= 0.6 is 27.7 Å². The van der Waals surface area contributed by atoms with Crippen molar-refractivity contribution in [1.82, 2.24) is 29.3 Å². The van der Waals surface area contributed by atoms with Crippen LogP contribution in [0.3, 0.4) is 0 Å². The number of H-pyrrole nitrogens is 1. The Morgan fingerprint density at radius 1 is 1.26 bits per heavy atom. The van der Waals surface area contributed by atoms with Gasteiger partial charge in [0.15, 0.2) is 27.8 Å². The fourth-order valence-electron chi connectivity index (χ4n) is 5.30. The minimum atomic E-state index is -1.07. The summed E-state index contributed by atoms with van der Waals surface area (Å²) in [5.41, 5.74) is 1.13. The second kappa shape index (κ2) is 12.2. The highest BCUT2D eigenvalue weighted by molar-refractivity contribution is 9.10. The molecule has 42 heavy (non-hydrogen) atoms. The second-order valence-electron chi connectivity index (χ2n) is 12.0. The fourth-order valence-corrected chi connectivity index (χ4v) is 6.68. The lowest BCUT2D eigenvalue weighted by Crippen LogP contribution is -2.52. The number of nitrogens with one attached hydrogen (secondary N) is 2. The van der Waals surface area contributed by atoms with Crippen LogP contribution in [0, 0.1) is 16.7 Å². The molecule has 2 aliphatic heterocycles. The molecule has 5 rings (SSSR count). The number of aromatic nitrogens is 4. The average Bonchev–Trinajstić information content (AvgIpc) is 3.58. The molecule has 0 bridgehead atoms. The Morgan fingerprint density at radius 3 is 2.62 bits per heavy atom. The molecule has 1 aromatic carbocycles. The number of amides is 2. The number of piperidine rings is 1. The van der Waals surface area contributed by atoms with Gasteiger partial charge in [0.2, 0.25) is 12.7 Å². The summed E-state index contributed by atoms with van der Waals surface area (Å²) in [7, 11) is 0. The van der Waals surface area contributed by atoms with Gasteiger partial charge in [0.05, 0.1) is 6.33 Å². The van der Waals surface area contributed by atoms with Crippen molar-refractivity contribution in [3.63, 3.8) is 0 Å². The third-order valence-electron chi connectivity index (χ3n) is 7.55. The molecule has 0 saturated carbocycles. The molecule has 0 unspecified atom stereocenters. The van der Waals surface area contributed by atoms with Crippen LogP contribution in [-0.4, -0.2) is 78.9 Å². The Hall–Kier alpha value is -3.26. The van der Waals surface area contributed by atoms with E-state index in [0.717, 1.165) is 28.6 Å². The molecule has 4 heterocycles. The summed E-state index contributed by atoms with van der Waals surface area (Å²) in [6.07, 6.45) is 3.16. The predicted octanol–water partition coefficient (Wildman–Crippen LogP) is 4.92. The van der Waals surface area contributed by atoms with Gasteiger partial charge in [-0.3, -0.25) is 15.1 Å². The SMILES string of the molecule is C[C@@H](C(=O)N1CCC(CCn2cnc(=N)c3[nH]c(Sc4cc5c(cc4Br)OCO5)nc32)CC1)N(CC(C)(C)C)C(=O)O. The van der Waals surface area contributed by atoms with E-state index < -0.39 is 12.1 Å². The van der Waals surface area contributed by atoms with Crippen molar-refractivity contribution in [2.75, 3.05) is 26.4 Å². The first kappa shape index (κ1) is 30.2. The van der Waals surface area contributed by atoms with Crippen LogP contribution in [0.2, 0.25) is 0 Å². The van der Waals surface area contributed by atoms with E-state index in [1.54, 1.807) is 18.2 Å². The molecule has 2 amide bonds. The van der Waals surface area contributed by atoms with Crippen molar-refractivity contribution in [1.29, 1.82) is 5.41 Å². The van der Waals surface area contributed by atoms with Crippen LogP contribution in [0.25, 0.3) is 11.2 Å². The van der Waals surface area contributed by atoms with Gasteiger partial charge < -0.3 is 29.0 Å². The zero-order chi connectivity index (χ0) is 30.2. The number of aromatic amines is 1. The zero-order valence-electron chi connectivity index (χ0n) is 24.1. The van der Waals surface area contributed by atoms with Crippen LogP contribution < -0.4 is 15.0 Å². The van der Waals surface area contributed by atoms with E-state index in [4.69, 9.17) is 19.9 Å². The summed E-state index contributed by atoms with van der Waals surface area (Å²) >= 11 is 5.02. The van der Waals surface area contributed by atoms with Gasteiger partial charge in [-0.05, 0) is 65.6 Å². The Bertz CT molecular complexity index is 1540. The number of ether oxygens (including phenoxy) is 2. The number of benzene rings is 1. The van der Waals surface area contributed by atoms with Crippen molar-refractivity contribution < 1.29 is 24.2 Å². The van der Waals surface area contributed by atoms with Crippen molar-refractivity contribution >= 4 is 50.9 Å². The summed E-state index contributed by atoms with van der Waals surface area (Å²) < 4.78 is 13.8. The van der Waals surface area contributed by atoms with Gasteiger partial charge in [0.25, 0.3) is 0 Å². The lowest BCUT2D eigenvalue weighted by atomic mass is 9.92. The Morgan fingerprint density at radius 2 is 1.95 bits per heavy atom. The molecule has 0 spiro atoms. The predicted molar refractivity (Wildman–Crippen MR) is 160 cm³/mol.